The number of benzene rings is 2. The summed E-state index contributed by atoms with van der Waals surface area (Å²) in [4.78, 5) is 38.2. The normalized spacial score (nSPS) is 19.8. The van der Waals surface area contributed by atoms with E-state index < -0.39 is 16.8 Å². The Morgan fingerprint density at radius 1 is 1.09 bits per heavy atom. The Morgan fingerprint density at radius 2 is 1.80 bits per heavy atom. The number of nitrogens with one attached hydrogen (secondary N) is 1. The first-order valence-electron chi connectivity index (χ1n) is 11.7. The summed E-state index contributed by atoms with van der Waals surface area (Å²) in [6.07, 6.45) is 0.819. The lowest BCUT2D eigenvalue weighted by Gasteiger charge is -2.36. The van der Waals surface area contributed by atoms with Crippen molar-refractivity contribution >= 4 is 17.4 Å². The molecule has 8 nitrogen and oxygen atoms in total. The van der Waals surface area contributed by atoms with E-state index in [1.165, 1.54) is 6.07 Å². The van der Waals surface area contributed by atoms with Crippen LogP contribution in [0.5, 0.6) is 0 Å². The summed E-state index contributed by atoms with van der Waals surface area (Å²) in [6.45, 7) is 4.36. The van der Waals surface area contributed by atoms with E-state index >= 15 is 0 Å². The van der Waals surface area contributed by atoms with Crippen molar-refractivity contribution in [2.75, 3.05) is 19.8 Å². The van der Waals surface area contributed by atoms with Crippen LogP contribution in [0.1, 0.15) is 49.7 Å². The number of carbonyl (C=O) groups is 2. The van der Waals surface area contributed by atoms with E-state index in [4.69, 9.17) is 9.47 Å². The van der Waals surface area contributed by atoms with Gasteiger partial charge in [0.2, 0.25) is 0 Å². The van der Waals surface area contributed by atoms with E-state index in [0.29, 0.717) is 35.6 Å². The summed E-state index contributed by atoms with van der Waals surface area (Å²) in [5, 5.41) is 15.2. The minimum atomic E-state index is -0.892. The van der Waals surface area contributed by atoms with Crippen molar-refractivity contribution in [3.8, 4) is 0 Å². The molecule has 182 valence electrons. The van der Waals surface area contributed by atoms with Gasteiger partial charge in [0.05, 0.1) is 23.0 Å². The fraction of sp³-hybridized carbons (Fsp3) is 0.333. The van der Waals surface area contributed by atoms with E-state index in [-0.39, 0.29) is 42.6 Å². The summed E-state index contributed by atoms with van der Waals surface area (Å²) >= 11 is 0. The van der Waals surface area contributed by atoms with Crippen LogP contribution in [0.3, 0.4) is 0 Å². The minimum absolute atomic E-state index is 0.0196. The molecule has 1 N–H and O–H groups in total. The first kappa shape index (κ1) is 24.3. The molecule has 2 aromatic carbocycles. The number of carbonyl (C=O) groups excluding carboxylic acids is 2. The fourth-order valence-corrected chi connectivity index (χ4v) is 4.89. The monoisotopic (exact) mass is 476 g/mol. The van der Waals surface area contributed by atoms with Gasteiger partial charge in [-0.25, -0.2) is 4.79 Å². The Balaban J connectivity index is 1.78. The Hall–Kier alpha value is -3.78. The number of Topliss-reactive ketones (excluding diaryl/α,β-unsaturated/α-hetero) is 1. The molecule has 0 saturated carbocycles. The van der Waals surface area contributed by atoms with Crippen molar-refractivity contribution < 1.29 is 24.0 Å². The van der Waals surface area contributed by atoms with Gasteiger partial charge < -0.3 is 14.8 Å². The van der Waals surface area contributed by atoms with Crippen LogP contribution in [-0.2, 0) is 19.1 Å². The van der Waals surface area contributed by atoms with Gasteiger partial charge in [0.15, 0.2) is 5.78 Å². The first-order valence-corrected chi connectivity index (χ1v) is 11.7. The zero-order chi connectivity index (χ0) is 24.9. The summed E-state index contributed by atoms with van der Waals surface area (Å²) in [5.74, 6) is -1.67. The molecule has 0 radical (unpaired) electrons. The molecule has 2 atom stereocenters. The predicted octanol–water partition coefficient (Wildman–Crippen LogP) is 4.54. The lowest BCUT2D eigenvalue weighted by molar-refractivity contribution is -0.385. The molecule has 0 spiro atoms. The number of dihydropyridines is 1. The number of nitro benzene ring substituents is 1. The number of ether oxygens (including phenoxy) is 2. The zero-order valence-corrected chi connectivity index (χ0v) is 19.8. The van der Waals surface area contributed by atoms with Gasteiger partial charge in [-0.3, -0.25) is 14.9 Å². The highest BCUT2D eigenvalue weighted by Crippen LogP contribution is 2.47. The molecule has 1 aliphatic heterocycles. The van der Waals surface area contributed by atoms with Crippen LogP contribution in [0.25, 0.3) is 0 Å². The topological polar surface area (TPSA) is 108 Å². The summed E-state index contributed by atoms with van der Waals surface area (Å²) < 4.78 is 10.7. The van der Waals surface area contributed by atoms with Crippen LogP contribution < -0.4 is 5.32 Å². The lowest BCUT2D eigenvalue weighted by Crippen LogP contribution is -2.36. The third-order valence-corrected chi connectivity index (χ3v) is 6.43. The maximum atomic E-state index is 13.6. The highest BCUT2D eigenvalue weighted by atomic mass is 16.6. The van der Waals surface area contributed by atoms with E-state index in [1.54, 1.807) is 25.1 Å². The molecule has 0 bridgehead atoms. The average molecular weight is 477 g/mol. The number of ketones is 1. The second-order valence-electron chi connectivity index (χ2n) is 8.58. The maximum Gasteiger partial charge on any atom is 0.336 e. The van der Waals surface area contributed by atoms with Crippen molar-refractivity contribution in [2.45, 2.75) is 38.5 Å². The van der Waals surface area contributed by atoms with Gasteiger partial charge in [0.1, 0.15) is 6.61 Å². The largest absolute Gasteiger partial charge is 0.460 e. The number of rotatable bonds is 8. The van der Waals surface area contributed by atoms with E-state index in [2.05, 4.69) is 5.32 Å². The highest BCUT2D eigenvalue weighted by Gasteiger charge is 2.43. The van der Waals surface area contributed by atoms with E-state index in [0.717, 1.165) is 5.56 Å². The molecule has 1 aliphatic carbocycles. The molecule has 35 heavy (non-hydrogen) atoms. The van der Waals surface area contributed by atoms with Crippen LogP contribution in [0.2, 0.25) is 0 Å². The zero-order valence-electron chi connectivity index (χ0n) is 19.8. The fourth-order valence-electron chi connectivity index (χ4n) is 4.89. The van der Waals surface area contributed by atoms with Crippen LogP contribution >= 0.6 is 0 Å². The molecule has 0 saturated heterocycles. The van der Waals surface area contributed by atoms with Crippen molar-refractivity contribution in [1.29, 1.82) is 0 Å². The molecular formula is C27H28N2O6. The van der Waals surface area contributed by atoms with E-state index in [9.17, 15) is 19.7 Å². The Morgan fingerprint density at radius 3 is 2.51 bits per heavy atom. The van der Waals surface area contributed by atoms with Gasteiger partial charge >= 0.3 is 5.97 Å². The number of hydrogen-bond donors (Lipinski definition) is 1. The molecule has 0 fully saturated rings. The molecule has 8 heteroatoms. The molecule has 2 aromatic rings. The summed E-state index contributed by atoms with van der Waals surface area (Å²) in [6, 6.07) is 16.1. The van der Waals surface area contributed by atoms with Crippen molar-refractivity contribution in [3.05, 3.63) is 98.4 Å². The summed E-state index contributed by atoms with van der Waals surface area (Å²) in [5.41, 5.74) is 3.04. The summed E-state index contributed by atoms with van der Waals surface area (Å²) in [7, 11) is 0. The van der Waals surface area contributed by atoms with Gasteiger partial charge in [0.25, 0.3) is 5.69 Å². The minimum Gasteiger partial charge on any atom is -0.460 e. The van der Waals surface area contributed by atoms with Gasteiger partial charge in [-0.05, 0) is 31.7 Å². The molecule has 2 unspecified atom stereocenters. The molecule has 4 rings (SSSR count). The Bertz CT molecular complexity index is 1200. The van der Waals surface area contributed by atoms with Crippen LogP contribution in [0, 0.1) is 10.1 Å². The lowest BCUT2D eigenvalue weighted by atomic mass is 9.71. The van der Waals surface area contributed by atoms with Gasteiger partial charge in [0, 0.05) is 41.6 Å². The molecule has 2 aliphatic rings. The number of para-hydroxylation sites is 1. The standard InChI is InChI=1S/C27H28N2O6/c1-3-34-13-14-35-27(31)24-17(2)28-21-15-19(18-9-5-4-6-10-18)16-23(30)26(21)25(24)20-11-7-8-12-22(20)29(32)33/h4-12,19,25,28H,3,13-16H2,1-2H3. The Labute approximate surface area is 203 Å². The van der Waals surface area contributed by atoms with Gasteiger partial charge in [-0.2, -0.15) is 0 Å². The van der Waals surface area contributed by atoms with Crippen molar-refractivity contribution in [1.82, 2.24) is 5.32 Å². The molecule has 1 heterocycles. The van der Waals surface area contributed by atoms with Gasteiger partial charge in [-0.15, -0.1) is 0 Å². The maximum absolute atomic E-state index is 13.6. The number of esters is 1. The molecule has 0 aromatic heterocycles. The smallest absolute Gasteiger partial charge is 0.336 e. The number of hydrogen-bond acceptors (Lipinski definition) is 7. The Kier molecular flexibility index (Phi) is 7.41. The van der Waals surface area contributed by atoms with Gasteiger partial charge in [-0.1, -0.05) is 48.5 Å². The quantitative estimate of drug-likeness (QED) is 0.258. The highest BCUT2D eigenvalue weighted by molar-refractivity contribution is 6.04. The first-order chi connectivity index (χ1) is 16.9. The SMILES string of the molecule is CCOCCOC(=O)C1=C(C)NC2=C(C(=O)CC(c3ccccc3)C2)C1c1ccccc1[N+](=O)[O-]. The van der Waals surface area contributed by atoms with Crippen molar-refractivity contribution in [2.24, 2.45) is 0 Å². The molecule has 0 amide bonds. The average Bonchev–Trinajstić information content (AvgIpc) is 2.86. The van der Waals surface area contributed by atoms with Crippen LogP contribution in [-0.4, -0.2) is 36.5 Å². The van der Waals surface area contributed by atoms with E-state index in [1.807, 2.05) is 37.3 Å². The van der Waals surface area contributed by atoms with Crippen LogP contribution in [0.4, 0.5) is 5.69 Å². The number of nitro groups is 1. The third-order valence-electron chi connectivity index (χ3n) is 6.43. The molecular weight excluding hydrogens is 448 g/mol. The second kappa shape index (κ2) is 10.7. The predicted molar refractivity (Wildman–Crippen MR) is 130 cm³/mol. The van der Waals surface area contributed by atoms with Crippen LogP contribution in [0.15, 0.2) is 77.1 Å². The number of nitrogens with zero attached hydrogens (tertiary/aromatic N) is 1. The second-order valence-corrected chi connectivity index (χ2v) is 8.58. The number of allylic oxidation sites excluding steroid dienone is 3. The van der Waals surface area contributed by atoms with Crippen molar-refractivity contribution in [3.63, 3.8) is 0 Å². The third kappa shape index (κ3) is 5.02.